The van der Waals surface area contributed by atoms with Crippen LogP contribution in [0.1, 0.15) is 25.3 Å². The minimum absolute atomic E-state index is 0.0972. The number of thiazole rings is 1. The van der Waals surface area contributed by atoms with Crippen LogP contribution < -0.4 is 20.6 Å². The molecule has 160 valence electrons. The predicted octanol–water partition coefficient (Wildman–Crippen LogP) is 3.01. The molecule has 2 aromatic heterocycles. The average molecular weight is 509 g/mol. The van der Waals surface area contributed by atoms with E-state index in [2.05, 4.69) is 32.9 Å². The molecule has 0 saturated heterocycles. The monoisotopic (exact) mass is 508 g/mol. The third kappa shape index (κ3) is 3.28. The number of halogens is 1. The zero-order chi connectivity index (χ0) is 22.4. The van der Waals surface area contributed by atoms with Crippen LogP contribution in [0.3, 0.4) is 0 Å². The Hall–Kier alpha value is -3.17. The average Bonchev–Trinajstić information content (AvgIpc) is 3.24. The van der Waals surface area contributed by atoms with E-state index in [9.17, 15) is 14.4 Å². The number of unbranched alkanes of at least 4 members (excludes halogenated alkanes) is 1. The number of fused-ring (bicyclic) bond motifs is 2. The van der Waals surface area contributed by atoms with Crippen LogP contribution in [0, 0.1) is 0 Å². The SMILES string of the molecule is CCCCN1C(=O)C(=c2sc3nc(=O)c(-c4ccccc4)nn3c2=O)c2cc(Br)ccc21. The van der Waals surface area contributed by atoms with E-state index in [4.69, 9.17) is 0 Å². The lowest BCUT2D eigenvalue weighted by Crippen LogP contribution is -2.33. The van der Waals surface area contributed by atoms with Gasteiger partial charge in [-0.3, -0.25) is 14.4 Å². The number of benzene rings is 2. The van der Waals surface area contributed by atoms with Crippen LogP contribution in [0.2, 0.25) is 0 Å². The number of anilines is 1. The van der Waals surface area contributed by atoms with E-state index in [-0.39, 0.29) is 21.1 Å². The first kappa shape index (κ1) is 20.7. The van der Waals surface area contributed by atoms with Crippen molar-refractivity contribution in [3.05, 3.63) is 83.8 Å². The number of nitrogens with zero attached hydrogens (tertiary/aromatic N) is 4. The lowest BCUT2D eigenvalue weighted by atomic mass is 10.1. The van der Waals surface area contributed by atoms with Crippen molar-refractivity contribution in [2.24, 2.45) is 0 Å². The van der Waals surface area contributed by atoms with E-state index in [0.29, 0.717) is 23.2 Å². The highest BCUT2D eigenvalue weighted by molar-refractivity contribution is 9.10. The van der Waals surface area contributed by atoms with E-state index in [1.54, 1.807) is 29.2 Å². The maximum absolute atomic E-state index is 13.4. The Labute approximate surface area is 194 Å². The summed E-state index contributed by atoms with van der Waals surface area (Å²) in [6.45, 7) is 2.63. The molecule has 32 heavy (non-hydrogen) atoms. The summed E-state index contributed by atoms with van der Waals surface area (Å²) in [5, 5.41) is 4.30. The van der Waals surface area contributed by atoms with Crippen LogP contribution in [-0.4, -0.2) is 27.0 Å². The van der Waals surface area contributed by atoms with Gasteiger partial charge in [0.1, 0.15) is 4.53 Å². The van der Waals surface area contributed by atoms with Gasteiger partial charge >= 0.3 is 5.56 Å². The van der Waals surface area contributed by atoms with Crippen molar-refractivity contribution < 1.29 is 4.79 Å². The van der Waals surface area contributed by atoms with Crippen molar-refractivity contribution in [1.82, 2.24) is 14.6 Å². The molecule has 7 nitrogen and oxygen atoms in total. The molecule has 0 unspecified atom stereocenters. The fourth-order valence-electron chi connectivity index (χ4n) is 3.80. The lowest BCUT2D eigenvalue weighted by molar-refractivity contribution is -0.113. The molecule has 0 saturated carbocycles. The minimum atomic E-state index is -0.514. The van der Waals surface area contributed by atoms with Gasteiger partial charge in [-0.25, -0.2) is 0 Å². The van der Waals surface area contributed by atoms with Crippen molar-refractivity contribution in [3.8, 4) is 11.3 Å². The van der Waals surface area contributed by atoms with Gasteiger partial charge in [-0.05, 0) is 24.6 Å². The highest BCUT2D eigenvalue weighted by Gasteiger charge is 2.34. The highest BCUT2D eigenvalue weighted by atomic mass is 79.9. The van der Waals surface area contributed by atoms with Gasteiger partial charge in [-0.1, -0.05) is 70.9 Å². The summed E-state index contributed by atoms with van der Waals surface area (Å²) in [7, 11) is 0. The highest BCUT2D eigenvalue weighted by Crippen LogP contribution is 2.37. The zero-order valence-corrected chi connectivity index (χ0v) is 19.4. The Morgan fingerprint density at radius 1 is 1.06 bits per heavy atom. The molecule has 0 radical (unpaired) electrons. The first-order chi connectivity index (χ1) is 15.5. The quantitative estimate of drug-likeness (QED) is 0.423. The molecule has 0 N–H and O–H groups in total. The summed E-state index contributed by atoms with van der Waals surface area (Å²) >= 11 is 4.48. The van der Waals surface area contributed by atoms with Crippen LogP contribution in [0.25, 0.3) is 21.8 Å². The van der Waals surface area contributed by atoms with Crippen LogP contribution in [0.4, 0.5) is 5.69 Å². The lowest BCUT2D eigenvalue weighted by Gasteiger charge is -2.16. The topological polar surface area (TPSA) is 84.6 Å². The van der Waals surface area contributed by atoms with Gasteiger partial charge in [-0.15, -0.1) is 0 Å². The second-order valence-corrected chi connectivity index (χ2v) is 9.30. The first-order valence-corrected chi connectivity index (χ1v) is 11.8. The summed E-state index contributed by atoms with van der Waals surface area (Å²) < 4.78 is 2.17. The van der Waals surface area contributed by atoms with Crippen LogP contribution >= 0.6 is 27.3 Å². The number of hydrogen-bond donors (Lipinski definition) is 0. The molecule has 0 fully saturated rings. The van der Waals surface area contributed by atoms with Gasteiger partial charge in [0.2, 0.25) is 4.96 Å². The summed E-state index contributed by atoms with van der Waals surface area (Å²) in [6.07, 6.45) is 1.79. The molecular formula is C23H17BrN4O3S. The van der Waals surface area contributed by atoms with Gasteiger partial charge in [0.05, 0.1) is 11.3 Å². The van der Waals surface area contributed by atoms with Crippen LogP contribution in [-0.2, 0) is 4.79 Å². The van der Waals surface area contributed by atoms with Gasteiger partial charge in [0.15, 0.2) is 5.69 Å². The van der Waals surface area contributed by atoms with Crippen LogP contribution in [0.15, 0.2) is 62.6 Å². The largest absolute Gasteiger partial charge is 0.308 e. The molecule has 5 rings (SSSR count). The number of carbonyl (C=O) groups excluding carboxylic acids is 1. The molecule has 0 spiro atoms. The molecule has 4 aromatic rings. The van der Waals surface area contributed by atoms with Crippen molar-refractivity contribution in [3.63, 3.8) is 0 Å². The maximum atomic E-state index is 13.4. The summed E-state index contributed by atoms with van der Waals surface area (Å²) in [5.74, 6) is -0.221. The van der Waals surface area contributed by atoms with Gasteiger partial charge in [0.25, 0.3) is 11.5 Å². The molecule has 1 aliphatic heterocycles. The summed E-state index contributed by atoms with van der Waals surface area (Å²) in [4.78, 5) is 45.3. The molecule has 1 aliphatic rings. The third-order valence-electron chi connectivity index (χ3n) is 5.35. The molecule has 0 bridgehead atoms. The summed E-state index contributed by atoms with van der Waals surface area (Å²) in [6, 6.07) is 14.5. The number of aromatic nitrogens is 3. The second kappa shape index (κ2) is 8.07. The Balaban J connectivity index is 1.79. The van der Waals surface area contributed by atoms with Crippen molar-refractivity contribution in [1.29, 1.82) is 0 Å². The van der Waals surface area contributed by atoms with Crippen LogP contribution in [0.5, 0.6) is 0 Å². The Bertz CT molecular complexity index is 1550. The van der Waals surface area contributed by atoms with E-state index in [0.717, 1.165) is 38.9 Å². The zero-order valence-electron chi connectivity index (χ0n) is 17.0. The number of amides is 1. The van der Waals surface area contributed by atoms with Gasteiger partial charge in [-0.2, -0.15) is 14.6 Å². The molecule has 0 atom stereocenters. The normalized spacial score (nSPS) is 14.9. The Morgan fingerprint density at radius 3 is 2.59 bits per heavy atom. The van der Waals surface area contributed by atoms with E-state index >= 15 is 0 Å². The van der Waals surface area contributed by atoms with Crippen molar-refractivity contribution in [2.45, 2.75) is 19.8 Å². The second-order valence-electron chi connectivity index (χ2n) is 7.41. The number of hydrogen-bond acceptors (Lipinski definition) is 6. The molecule has 2 aromatic carbocycles. The van der Waals surface area contributed by atoms with E-state index in [1.807, 2.05) is 24.3 Å². The smallest absolute Gasteiger partial charge is 0.300 e. The van der Waals surface area contributed by atoms with Gasteiger partial charge in [0, 0.05) is 22.1 Å². The predicted molar refractivity (Wildman–Crippen MR) is 128 cm³/mol. The number of carbonyl (C=O) groups is 1. The third-order valence-corrected chi connectivity index (χ3v) is 6.87. The molecule has 9 heteroatoms. The standard InChI is InChI=1S/C23H17BrN4O3S/c1-2-3-11-27-16-10-9-14(24)12-15(16)17(21(27)30)19-22(31)28-23(32-19)25-20(29)18(26-28)13-7-5-4-6-8-13/h4-10,12H,2-3,11H2,1H3. The fraction of sp³-hybridized carbons (Fsp3) is 0.174. The van der Waals surface area contributed by atoms with E-state index < -0.39 is 11.1 Å². The molecule has 1 amide bonds. The number of rotatable bonds is 4. The van der Waals surface area contributed by atoms with Crippen molar-refractivity contribution in [2.75, 3.05) is 11.4 Å². The molecule has 0 aliphatic carbocycles. The maximum Gasteiger partial charge on any atom is 0.300 e. The Kier molecular flexibility index (Phi) is 5.22. The first-order valence-electron chi connectivity index (χ1n) is 10.1. The Morgan fingerprint density at radius 2 is 1.84 bits per heavy atom. The molecular weight excluding hydrogens is 492 g/mol. The summed E-state index contributed by atoms with van der Waals surface area (Å²) in [5.41, 5.74) is 1.50. The molecule has 3 heterocycles. The van der Waals surface area contributed by atoms with Gasteiger partial charge < -0.3 is 4.90 Å². The van der Waals surface area contributed by atoms with Crippen molar-refractivity contribution >= 4 is 49.4 Å². The minimum Gasteiger partial charge on any atom is -0.308 e. The fourth-order valence-corrected chi connectivity index (χ4v) is 5.15. The van der Waals surface area contributed by atoms with E-state index in [1.165, 1.54) is 0 Å².